The third kappa shape index (κ3) is 2.98. The van der Waals surface area contributed by atoms with Crippen LogP contribution >= 0.6 is 0 Å². The number of nitrogens with one attached hydrogen (secondary N) is 1. The van der Waals surface area contributed by atoms with Gasteiger partial charge in [-0.3, -0.25) is 15.1 Å². The minimum Gasteiger partial charge on any atom is -0.298 e. The molecule has 0 bridgehead atoms. The normalized spacial score (nSPS) is 36.0. The molecule has 3 aliphatic rings. The lowest BCUT2D eigenvalue weighted by molar-refractivity contribution is -0.133. The van der Waals surface area contributed by atoms with Gasteiger partial charge in [0.2, 0.25) is 5.91 Å². The second kappa shape index (κ2) is 5.88. The molecule has 3 fully saturated rings. The Bertz CT molecular complexity index is 395. The summed E-state index contributed by atoms with van der Waals surface area (Å²) in [5, 5.41) is 2.16. The Labute approximate surface area is 129 Å². The average molecular weight is 293 g/mol. The standard InChI is InChI=1S/C17H31N3O/c1-4-13-10-14(17(13,2)3)11-16(21)18-20-9-8-19-7-5-6-15(19)12-20/h13-15H,4-12H2,1-3H3,(H,18,21). The monoisotopic (exact) mass is 293 g/mol. The number of carbonyl (C=O) groups is 1. The number of rotatable bonds is 4. The van der Waals surface area contributed by atoms with Crippen LogP contribution in [0.5, 0.6) is 0 Å². The quantitative estimate of drug-likeness (QED) is 0.863. The van der Waals surface area contributed by atoms with Crippen LogP contribution in [0.1, 0.15) is 52.9 Å². The summed E-state index contributed by atoms with van der Waals surface area (Å²) < 4.78 is 0. The van der Waals surface area contributed by atoms with E-state index in [4.69, 9.17) is 0 Å². The number of nitrogens with zero attached hydrogens (tertiary/aromatic N) is 2. The van der Waals surface area contributed by atoms with Crippen LogP contribution in [-0.2, 0) is 4.79 Å². The van der Waals surface area contributed by atoms with E-state index in [-0.39, 0.29) is 5.91 Å². The Morgan fingerprint density at radius 3 is 2.76 bits per heavy atom. The van der Waals surface area contributed by atoms with Crippen LogP contribution in [0.25, 0.3) is 0 Å². The summed E-state index contributed by atoms with van der Waals surface area (Å²) in [6.07, 6.45) is 5.79. The highest BCUT2D eigenvalue weighted by Gasteiger charge is 2.47. The summed E-state index contributed by atoms with van der Waals surface area (Å²) in [6.45, 7) is 11.3. The van der Waals surface area contributed by atoms with Gasteiger partial charge in [0.05, 0.1) is 0 Å². The van der Waals surface area contributed by atoms with Crippen molar-refractivity contribution in [2.75, 3.05) is 26.2 Å². The second-order valence-electron chi connectivity index (χ2n) is 7.88. The molecule has 4 heteroatoms. The molecule has 3 atom stereocenters. The lowest BCUT2D eigenvalue weighted by Crippen LogP contribution is -2.57. The number of hydrazine groups is 1. The lowest BCUT2D eigenvalue weighted by atomic mass is 9.53. The zero-order valence-electron chi connectivity index (χ0n) is 13.9. The Kier molecular flexibility index (Phi) is 4.28. The molecule has 3 unspecified atom stereocenters. The van der Waals surface area contributed by atoms with Crippen molar-refractivity contribution < 1.29 is 4.79 Å². The SMILES string of the molecule is CCC1CC(CC(=O)NN2CCN3CCCC3C2)C1(C)C. The van der Waals surface area contributed by atoms with E-state index in [0.29, 0.717) is 23.8 Å². The van der Waals surface area contributed by atoms with E-state index >= 15 is 0 Å². The molecule has 1 aliphatic carbocycles. The summed E-state index contributed by atoms with van der Waals surface area (Å²) in [6, 6.07) is 0.670. The van der Waals surface area contributed by atoms with Crippen LogP contribution in [0, 0.1) is 17.3 Å². The van der Waals surface area contributed by atoms with Crippen LogP contribution in [0.3, 0.4) is 0 Å². The molecule has 4 nitrogen and oxygen atoms in total. The molecule has 3 rings (SSSR count). The fourth-order valence-corrected chi connectivity index (χ4v) is 4.70. The number of carbonyl (C=O) groups excluding carboxylic acids is 1. The van der Waals surface area contributed by atoms with Crippen molar-refractivity contribution in [2.45, 2.75) is 58.9 Å². The minimum atomic E-state index is 0.231. The van der Waals surface area contributed by atoms with E-state index in [1.807, 2.05) is 0 Å². The van der Waals surface area contributed by atoms with E-state index in [1.165, 1.54) is 32.2 Å². The molecule has 0 radical (unpaired) electrons. The van der Waals surface area contributed by atoms with E-state index in [9.17, 15) is 4.79 Å². The van der Waals surface area contributed by atoms with Gasteiger partial charge in [0.15, 0.2) is 0 Å². The van der Waals surface area contributed by atoms with Crippen molar-refractivity contribution in [3.05, 3.63) is 0 Å². The molecular formula is C17H31N3O. The van der Waals surface area contributed by atoms with Gasteiger partial charge in [-0.15, -0.1) is 0 Å². The van der Waals surface area contributed by atoms with Crippen molar-refractivity contribution in [3.8, 4) is 0 Å². The van der Waals surface area contributed by atoms with Crippen molar-refractivity contribution >= 4 is 5.91 Å². The molecule has 0 aromatic rings. The topological polar surface area (TPSA) is 35.6 Å². The Balaban J connectivity index is 1.45. The van der Waals surface area contributed by atoms with Gasteiger partial charge in [-0.05, 0) is 43.1 Å². The van der Waals surface area contributed by atoms with Gasteiger partial charge in [0.25, 0.3) is 0 Å². The average Bonchev–Trinajstić information content (AvgIpc) is 2.90. The Morgan fingerprint density at radius 2 is 2.05 bits per heavy atom. The van der Waals surface area contributed by atoms with Crippen molar-refractivity contribution in [2.24, 2.45) is 17.3 Å². The maximum Gasteiger partial charge on any atom is 0.234 e. The van der Waals surface area contributed by atoms with Crippen LogP contribution in [0.4, 0.5) is 0 Å². The van der Waals surface area contributed by atoms with E-state index in [1.54, 1.807) is 0 Å². The first-order valence-electron chi connectivity index (χ1n) is 8.79. The van der Waals surface area contributed by atoms with Gasteiger partial charge in [-0.1, -0.05) is 27.2 Å². The van der Waals surface area contributed by atoms with Crippen LogP contribution in [0.15, 0.2) is 0 Å². The van der Waals surface area contributed by atoms with Crippen molar-refractivity contribution in [1.29, 1.82) is 0 Å². The molecule has 0 spiro atoms. The summed E-state index contributed by atoms with van der Waals surface area (Å²) in [4.78, 5) is 14.9. The maximum atomic E-state index is 12.3. The molecule has 2 heterocycles. The van der Waals surface area contributed by atoms with Crippen LogP contribution in [0.2, 0.25) is 0 Å². The number of piperazine rings is 1. The van der Waals surface area contributed by atoms with E-state index in [2.05, 4.69) is 36.1 Å². The van der Waals surface area contributed by atoms with Crippen molar-refractivity contribution in [1.82, 2.24) is 15.3 Å². The van der Waals surface area contributed by atoms with E-state index in [0.717, 1.165) is 25.6 Å². The first-order chi connectivity index (χ1) is 10.0. The highest BCUT2D eigenvalue weighted by Crippen LogP contribution is 2.54. The summed E-state index contributed by atoms with van der Waals surface area (Å²) in [5.74, 6) is 1.60. The highest BCUT2D eigenvalue weighted by atomic mass is 16.2. The molecule has 1 amide bonds. The highest BCUT2D eigenvalue weighted by molar-refractivity contribution is 5.75. The molecule has 0 aromatic heterocycles. The minimum absolute atomic E-state index is 0.231. The molecule has 120 valence electrons. The maximum absolute atomic E-state index is 12.3. The molecule has 2 aliphatic heterocycles. The number of fused-ring (bicyclic) bond motifs is 1. The number of hydrogen-bond acceptors (Lipinski definition) is 3. The van der Waals surface area contributed by atoms with Gasteiger partial charge >= 0.3 is 0 Å². The molecule has 1 saturated carbocycles. The lowest BCUT2D eigenvalue weighted by Gasteiger charge is -2.52. The zero-order valence-corrected chi connectivity index (χ0v) is 13.9. The zero-order chi connectivity index (χ0) is 15.0. The second-order valence-corrected chi connectivity index (χ2v) is 7.88. The van der Waals surface area contributed by atoms with Crippen LogP contribution < -0.4 is 5.43 Å². The van der Waals surface area contributed by atoms with Gasteiger partial charge in [0, 0.05) is 32.1 Å². The first-order valence-corrected chi connectivity index (χ1v) is 8.79. The Hall–Kier alpha value is -0.610. The largest absolute Gasteiger partial charge is 0.298 e. The van der Waals surface area contributed by atoms with E-state index < -0.39 is 0 Å². The van der Waals surface area contributed by atoms with Gasteiger partial charge in [0.1, 0.15) is 0 Å². The Morgan fingerprint density at radius 1 is 1.24 bits per heavy atom. The number of hydrogen-bond donors (Lipinski definition) is 1. The molecule has 21 heavy (non-hydrogen) atoms. The summed E-state index contributed by atoms with van der Waals surface area (Å²) >= 11 is 0. The fraction of sp³-hybridized carbons (Fsp3) is 0.941. The van der Waals surface area contributed by atoms with Gasteiger partial charge in [-0.2, -0.15) is 0 Å². The summed E-state index contributed by atoms with van der Waals surface area (Å²) in [5.41, 5.74) is 3.51. The van der Waals surface area contributed by atoms with Gasteiger partial charge < -0.3 is 0 Å². The summed E-state index contributed by atoms with van der Waals surface area (Å²) in [7, 11) is 0. The molecule has 2 saturated heterocycles. The fourth-order valence-electron chi connectivity index (χ4n) is 4.70. The third-order valence-electron chi connectivity index (χ3n) is 6.47. The molecule has 0 aromatic carbocycles. The molecule has 1 N–H and O–H groups in total. The first kappa shape index (κ1) is 15.3. The predicted molar refractivity (Wildman–Crippen MR) is 84.6 cm³/mol. The van der Waals surface area contributed by atoms with Crippen molar-refractivity contribution in [3.63, 3.8) is 0 Å². The smallest absolute Gasteiger partial charge is 0.234 e. The van der Waals surface area contributed by atoms with Crippen LogP contribution in [-0.4, -0.2) is 48.0 Å². The number of amides is 1. The predicted octanol–water partition coefficient (Wildman–Crippen LogP) is 2.26. The molecular weight excluding hydrogens is 262 g/mol. The van der Waals surface area contributed by atoms with Gasteiger partial charge in [-0.25, -0.2) is 5.01 Å². The third-order valence-corrected chi connectivity index (χ3v) is 6.47.